The van der Waals surface area contributed by atoms with Crippen molar-refractivity contribution < 1.29 is 23.5 Å². The van der Waals surface area contributed by atoms with Gasteiger partial charge in [-0.3, -0.25) is 19.5 Å². The Kier molecular flexibility index (Phi) is 5.51. The van der Waals surface area contributed by atoms with Crippen LogP contribution in [0.15, 0.2) is 52.0 Å². The van der Waals surface area contributed by atoms with Gasteiger partial charge in [0.25, 0.3) is 11.1 Å². The molecule has 4 heterocycles. The highest BCUT2D eigenvalue weighted by molar-refractivity contribution is 8.18. The van der Waals surface area contributed by atoms with Crippen LogP contribution in [0.5, 0.6) is 0 Å². The van der Waals surface area contributed by atoms with E-state index in [0.717, 1.165) is 39.3 Å². The molecule has 0 aromatic carbocycles. The Bertz CT molecular complexity index is 1210. The van der Waals surface area contributed by atoms with Crippen molar-refractivity contribution in [2.75, 3.05) is 7.11 Å². The van der Waals surface area contributed by atoms with Gasteiger partial charge in [0.15, 0.2) is 0 Å². The number of amides is 2. The Morgan fingerprint density at radius 2 is 2.06 bits per heavy atom. The summed E-state index contributed by atoms with van der Waals surface area (Å²) in [7, 11) is 1.25. The van der Waals surface area contributed by atoms with E-state index in [0.29, 0.717) is 10.7 Å². The lowest BCUT2D eigenvalue weighted by molar-refractivity contribution is -0.123. The van der Waals surface area contributed by atoms with Crippen LogP contribution in [0.25, 0.3) is 11.8 Å². The minimum atomic E-state index is -0.621. The van der Waals surface area contributed by atoms with Gasteiger partial charge in [0.05, 0.1) is 30.4 Å². The molecule has 1 fully saturated rings. The molecule has 0 atom stereocenters. The van der Waals surface area contributed by atoms with Gasteiger partial charge in [0.2, 0.25) is 5.76 Å². The highest BCUT2D eigenvalue weighted by Crippen LogP contribution is 2.34. The predicted octanol–water partition coefficient (Wildman–Crippen LogP) is 4.11. The minimum absolute atomic E-state index is 0.0165. The van der Waals surface area contributed by atoms with Crippen LogP contribution in [-0.4, -0.2) is 38.7 Å². The van der Waals surface area contributed by atoms with Crippen molar-refractivity contribution in [1.29, 1.82) is 0 Å². The molecule has 0 spiro atoms. The number of pyridine rings is 1. The van der Waals surface area contributed by atoms with Crippen molar-refractivity contribution in [3.8, 4) is 5.69 Å². The van der Waals surface area contributed by atoms with E-state index >= 15 is 0 Å². The number of carbonyl (C=O) groups excluding carboxylic acids is 3. The number of ether oxygens (including phenoxy) is 1. The molecule has 0 N–H and O–H groups in total. The molecule has 158 valence electrons. The van der Waals surface area contributed by atoms with Gasteiger partial charge >= 0.3 is 5.97 Å². The Morgan fingerprint density at radius 1 is 1.26 bits per heavy atom. The van der Waals surface area contributed by atoms with E-state index in [4.69, 9.17) is 4.42 Å². The standard InChI is InChI=1S/C22H19N3O5S/c1-13-9-15(14(2)25(13)16-5-4-8-23-11-16)10-19-20(26)24(22(28)31-19)12-17-6-7-18(30-17)21(27)29-3/h4-11H,12H2,1-3H3/b19-10+. The summed E-state index contributed by atoms with van der Waals surface area (Å²) in [6.07, 6.45) is 5.20. The Hall–Kier alpha value is -3.59. The van der Waals surface area contributed by atoms with Crippen LogP contribution in [0.2, 0.25) is 0 Å². The van der Waals surface area contributed by atoms with Gasteiger partial charge in [-0.25, -0.2) is 4.79 Å². The van der Waals surface area contributed by atoms with Crippen molar-refractivity contribution in [1.82, 2.24) is 14.5 Å². The number of nitrogens with zero attached hydrogens (tertiary/aromatic N) is 3. The van der Waals surface area contributed by atoms with Crippen LogP contribution in [0.1, 0.15) is 33.3 Å². The molecule has 3 aromatic heterocycles. The minimum Gasteiger partial charge on any atom is -0.463 e. The molecule has 1 aliphatic rings. The molecule has 31 heavy (non-hydrogen) atoms. The maximum Gasteiger partial charge on any atom is 0.373 e. The number of aryl methyl sites for hydroxylation is 1. The molecule has 2 amide bonds. The quantitative estimate of drug-likeness (QED) is 0.438. The lowest BCUT2D eigenvalue weighted by Gasteiger charge is -2.10. The zero-order valence-electron chi connectivity index (χ0n) is 17.1. The number of esters is 1. The van der Waals surface area contributed by atoms with Crippen LogP contribution in [0.3, 0.4) is 0 Å². The van der Waals surface area contributed by atoms with Gasteiger partial charge in [-0.2, -0.15) is 0 Å². The summed E-state index contributed by atoms with van der Waals surface area (Å²) >= 11 is 0.877. The largest absolute Gasteiger partial charge is 0.463 e. The first kappa shape index (κ1) is 20.7. The van der Waals surface area contributed by atoms with E-state index in [1.165, 1.54) is 13.2 Å². The molecule has 3 aromatic rings. The van der Waals surface area contributed by atoms with Crippen LogP contribution in [-0.2, 0) is 16.1 Å². The molecular weight excluding hydrogens is 418 g/mol. The first-order valence-corrected chi connectivity index (χ1v) is 10.2. The van der Waals surface area contributed by atoms with Crippen molar-refractivity contribution in [2.24, 2.45) is 0 Å². The number of hydrogen-bond acceptors (Lipinski definition) is 7. The number of furan rings is 1. The van der Waals surface area contributed by atoms with Gasteiger partial charge in [-0.05, 0) is 67.6 Å². The molecule has 9 heteroatoms. The molecule has 1 aliphatic heterocycles. The van der Waals surface area contributed by atoms with Gasteiger partial charge in [-0.1, -0.05) is 0 Å². The molecule has 0 saturated carbocycles. The number of rotatable bonds is 5. The Morgan fingerprint density at radius 3 is 2.77 bits per heavy atom. The second-order valence-corrected chi connectivity index (χ2v) is 7.89. The van der Waals surface area contributed by atoms with Crippen molar-refractivity contribution in [3.05, 3.63) is 76.1 Å². The second kappa shape index (κ2) is 8.27. The third-order valence-electron chi connectivity index (χ3n) is 4.90. The normalized spacial score (nSPS) is 15.2. The zero-order valence-corrected chi connectivity index (χ0v) is 17.9. The lowest BCUT2D eigenvalue weighted by atomic mass is 10.2. The number of aromatic nitrogens is 2. The van der Waals surface area contributed by atoms with Gasteiger partial charge in [0.1, 0.15) is 5.76 Å². The lowest BCUT2D eigenvalue weighted by Crippen LogP contribution is -2.27. The number of carbonyl (C=O) groups is 3. The fourth-order valence-corrected chi connectivity index (χ4v) is 4.25. The van der Waals surface area contributed by atoms with Gasteiger partial charge in [0, 0.05) is 17.6 Å². The molecule has 0 radical (unpaired) electrons. The number of thioether (sulfide) groups is 1. The average molecular weight is 437 g/mol. The zero-order chi connectivity index (χ0) is 22.1. The van der Waals surface area contributed by atoms with Crippen molar-refractivity contribution in [2.45, 2.75) is 20.4 Å². The SMILES string of the molecule is COC(=O)c1ccc(CN2C(=O)S/C(=C/c3cc(C)n(-c4cccnc4)c3C)C2=O)o1. The Labute approximate surface area is 182 Å². The summed E-state index contributed by atoms with van der Waals surface area (Å²) in [5.74, 6) is -0.692. The summed E-state index contributed by atoms with van der Waals surface area (Å²) in [5, 5.41) is -0.395. The smallest absolute Gasteiger partial charge is 0.373 e. The van der Waals surface area contributed by atoms with Crippen LogP contribution >= 0.6 is 11.8 Å². The molecular formula is C22H19N3O5S. The fourth-order valence-electron chi connectivity index (χ4n) is 3.42. The predicted molar refractivity (Wildman–Crippen MR) is 115 cm³/mol. The summed E-state index contributed by atoms with van der Waals surface area (Å²) in [4.78, 5) is 42.4. The van der Waals surface area contributed by atoms with E-state index in [1.807, 2.05) is 36.6 Å². The monoisotopic (exact) mass is 437 g/mol. The van der Waals surface area contributed by atoms with E-state index in [1.54, 1.807) is 24.5 Å². The topological polar surface area (TPSA) is 94.6 Å². The van der Waals surface area contributed by atoms with Gasteiger partial charge < -0.3 is 13.7 Å². The van der Waals surface area contributed by atoms with Gasteiger partial charge in [-0.15, -0.1) is 0 Å². The van der Waals surface area contributed by atoms with Crippen LogP contribution in [0.4, 0.5) is 4.79 Å². The summed E-state index contributed by atoms with van der Waals surface area (Å²) in [6.45, 7) is 3.86. The first-order valence-electron chi connectivity index (χ1n) is 9.40. The summed E-state index contributed by atoms with van der Waals surface area (Å²) in [5.41, 5.74) is 3.69. The first-order chi connectivity index (χ1) is 14.9. The van der Waals surface area contributed by atoms with E-state index in [2.05, 4.69) is 9.72 Å². The highest BCUT2D eigenvalue weighted by Gasteiger charge is 2.36. The molecule has 0 unspecified atom stereocenters. The number of imide groups is 1. The van der Waals surface area contributed by atoms with E-state index in [9.17, 15) is 14.4 Å². The fraction of sp³-hybridized carbons (Fsp3) is 0.182. The average Bonchev–Trinajstić information content (AvgIpc) is 3.42. The molecule has 8 nitrogen and oxygen atoms in total. The third kappa shape index (κ3) is 3.91. The van der Waals surface area contributed by atoms with Crippen LogP contribution in [0, 0.1) is 13.8 Å². The third-order valence-corrected chi connectivity index (χ3v) is 5.80. The van der Waals surface area contributed by atoms with E-state index in [-0.39, 0.29) is 12.3 Å². The second-order valence-electron chi connectivity index (χ2n) is 6.90. The molecule has 0 aliphatic carbocycles. The molecule has 4 rings (SSSR count). The summed E-state index contributed by atoms with van der Waals surface area (Å²) < 4.78 is 12.0. The maximum absolute atomic E-state index is 12.9. The molecule has 0 bridgehead atoms. The maximum atomic E-state index is 12.9. The number of hydrogen-bond donors (Lipinski definition) is 0. The van der Waals surface area contributed by atoms with E-state index < -0.39 is 17.1 Å². The summed E-state index contributed by atoms with van der Waals surface area (Å²) in [6, 6.07) is 8.77. The number of methoxy groups -OCH3 is 1. The highest BCUT2D eigenvalue weighted by atomic mass is 32.2. The molecule has 1 saturated heterocycles. The van der Waals surface area contributed by atoms with Crippen LogP contribution < -0.4 is 0 Å². The van der Waals surface area contributed by atoms with Crippen molar-refractivity contribution in [3.63, 3.8) is 0 Å². The van der Waals surface area contributed by atoms with Crippen molar-refractivity contribution >= 4 is 35.0 Å². The Balaban J connectivity index is 1.58.